The lowest BCUT2D eigenvalue weighted by molar-refractivity contribution is -0.127. The predicted molar refractivity (Wildman–Crippen MR) is 98.4 cm³/mol. The molecule has 0 saturated heterocycles. The predicted octanol–water partition coefficient (Wildman–Crippen LogP) is 3.31. The van der Waals surface area contributed by atoms with Gasteiger partial charge in [-0.15, -0.1) is 0 Å². The summed E-state index contributed by atoms with van der Waals surface area (Å²) >= 11 is 0. The summed E-state index contributed by atoms with van der Waals surface area (Å²) in [4.78, 5) is 14.4. The van der Waals surface area contributed by atoms with E-state index in [1.54, 1.807) is 18.1 Å². The number of hydrogen-bond donors (Lipinski definition) is 0. The van der Waals surface area contributed by atoms with Crippen LogP contribution in [0, 0.1) is 0 Å². The van der Waals surface area contributed by atoms with Crippen molar-refractivity contribution in [2.75, 3.05) is 26.9 Å². The van der Waals surface area contributed by atoms with E-state index in [1.165, 1.54) is 5.56 Å². The van der Waals surface area contributed by atoms with Crippen LogP contribution >= 0.6 is 0 Å². The van der Waals surface area contributed by atoms with Gasteiger partial charge in [0.25, 0.3) is 0 Å². The molecule has 0 atom stereocenters. The average molecular weight is 337 g/mol. The number of hydrogen-bond acceptors (Lipinski definition) is 3. The van der Waals surface area contributed by atoms with Gasteiger partial charge in [-0.3, -0.25) is 4.79 Å². The van der Waals surface area contributed by atoms with Crippen molar-refractivity contribution in [3.05, 3.63) is 71.3 Å². The van der Waals surface area contributed by atoms with E-state index in [2.05, 4.69) is 6.07 Å². The van der Waals surface area contributed by atoms with Gasteiger partial charge in [0, 0.05) is 32.7 Å². The fraction of sp³-hybridized carbons (Fsp3) is 0.286. The van der Waals surface area contributed by atoms with Gasteiger partial charge in [0.2, 0.25) is 5.91 Å². The molecule has 0 spiro atoms. The van der Waals surface area contributed by atoms with E-state index in [1.807, 2.05) is 48.5 Å². The summed E-state index contributed by atoms with van der Waals surface area (Å²) in [7, 11) is 1.65. The summed E-state index contributed by atoms with van der Waals surface area (Å²) in [6.07, 6.45) is 4.43. The third kappa shape index (κ3) is 4.70. The van der Waals surface area contributed by atoms with Crippen molar-refractivity contribution in [3.63, 3.8) is 0 Å². The van der Waals surface area contributed by atoms with Crippen LogP contribution in [-0.4, -0.2) is 37.7 Å². The second-order valence-corrected chi connectivity index (χ2v) is 6.04. The zero-order chi connectivity index (χ0) is 17.5. The number of rotatable bonds is 7. The number of ether oxygens (including phenoxy) is 2. The number of benzene rings is 2. The van der Waals surface area contributed by atoms with Crippen LogP contribution in [0.2, 0.25) is 0 Å². The maximum absolute atomic E-state index is 12.6. The van der Waals surface area contributed by atoms with Gasteiger partial charge in [-0.1, -0.05) is 36.4 Å². The first-order chi connectivity index (χ1) is 12.3. The zero-order valence-corrected chi connectivity index (χ0v) is 14.5. The van der Waals surface area contributed by atoms with Gasteiger partial charge in [0.1, 0.15) is 5.75 Å². The summed E-state index contributed by atoms with van der Waals surface area (Å²) in [6.45, 7) is 2.39. The Balaban J connectivity index is 1.68. The minimum atomic E-state index is -0.0161. The lowest BCUT2D eigenvalue weighted by Crippen LogP contribution is -2.32. The lowest BCUT2D eigenvalue weighted by atomic mass is 10.1. The van der Waals surface area contributed by atoms with Crippen LogP contribution in [0.4, 0.5) is 0 Å². The van der Waals surface area contributed by atoms with Gasteiger partial charge in [-0.25, -0.2) is 0 Å². The molecule has 0 aliphatic carbocycles. The first-order valence-electron chi connectivity index (χ1n) is 8.52. The SMILES string of the molecule is COCCN(Cc1ccccc1)C(=O)/C=C/c1ccc2c(c1)CCO2. The van der Waals surface area contributed by atoms with Gasteiger partial charge < -0.3 is 14.4 Å². The minimum absolute atomic E-state index is 0.0161. The van der Waals surface area contributed by atoms with Crippen molar-refractivity contribution in [3.8, 4) is 5.75 Å². The maximum Gasteiger partial charge on any atom is 0.246 e. The molecule has 2 aromatic carbocycles. The number of fused-ring (bicyclic) bond motifs is 1. The van der Waals surface area contributed by atoms with E-state index in [0.29, 0.717) is 19.7 Å². The molecule has 1 amide bonds. The maximum atomic E-state index is 12.6. The molecule has 130 valence electrons. The monoisotopic (exact) mass is 337 g/mol. The van der Waals surface area contributed by atoms with Gasteiger partial charge in [-0.2, -0.15) is 0 Å². The number of carbonyl (C=O) groups is 1. The highest BCUT2D eigenvalue weighted by Crippen LogP contribution is 2.26. The molecule has 0 bridgehead atoms. The quantitative estimate of drug-likeness (QED) is 0.728. The summed E-state index contributed by atoms with van der Waals surface area (Å²) in [5.41, 5.74) is 3.33. The van der Waals surface area contributed by atoms with Crippen molar-refractivity contribution in [2.45, 2.75) is 13.0 Å². The van der Waals surface area contributed by atoms with Gasteiger partial charge in [0.15, 0.2) is 0 Å². The molecule has 1 heterocycles. The fourth-order valence-corrected chi connectivity index (χ4v) is 2.86. The molecule has 4 nitrogen and oxygen atoms in total. The topological polar surface area (TPSA) is 38.8 Å². The minimum Gasteiger partial charge on any atom is -0.493 e. The highest BCUT2D eigenvalue weighted by Gasteiger charge is 2.13. The molecule has 4 heteroatoms. The van der Waals surface area contributed by atoms with Crippen LogP contribution in [-0.2, 0) is 22.5 Å². The third-order valence-corrected chi connectivity index (χ3v) is 4.23. The van der Waals surface area contributed by atoms with Gasteiger partial charge >= 0.3 is 0 Å². The first kappa shape index (κ1) is 17.2. The van der Waals surface area contributed by atoms with Crippen LogP contribution in [0.1, 0.15) is 16.7 Å². The van der Waals surface area contributed by atoms with E-state index in [0.717, 1.165) is 29.9 Å². The van der Waals surface area contributed by atoms with E-state index in [9.17, 15) is 4.79 Å². The number of amides is 1. The van der Waals surface area contributed by atoms with Crippen LogP contribution < -0.4 is 4.74 Å². The number of nitrogens with zero attached hydrogens (tertiary/aromatic N) is 1. The Bertz CT molecular complexity index is 740. The van der Waals surface area contributed by atoms with E-state index in [-0.39, 0.29) is 5.91 Å². The van der Waals surface area contributed by atoms with E-state index in [4.69, 9.17) is 9.47 Å². The van der Waals surface area contributed by atoms with Gasteiger partial charge in [-0.05, 0) is 34.9 Å². The molecule has 0 N–H and O–H groups in total. The summed E-state index contributed by atoms with van der Waals surface area (Å²) in [5, 5.41) is 0. The van der Waals surface area contributed by atoms with Crippen molar-refractivity contribution in [1.82, 2.24) is 4.90 Å². The molecule has 0 fully saturated rings. The third-order valence-electron chi connectivity index (χ3n) is 4.23. The molecular weight excluding hydrogens is 314 g/mol. The second kappa shape index (κ2) is 8.49. The highest BCUT2D eigenvalue weighted by atomic mass is 16.5. The van der Waals surface area contributed by atoms with E-state index >= 15 is 0 Å². The van der Waals surface area contributed by atoms with Crippen LogP contribution in [0.15, 0.2) is 54.6 Å². The molecule has 1 aliphatic heterocycles. The van der Waals surface area contributed by atoms with Crippen molar-refractivity contribution >= 4 is 12.0 Å². The van der Waals surface area contributed by atoms with Crippen molar-refractivity contribution in [2.24, 2.45) is 0 Å². The average Bonchev–Trinajstić information content (AvgIpc) is 3.11. The van der Waals surface area contributed by atoms with Crippen LogP contribution in [0.3, 0.4) is 0 Å². The molecule has 0 aromatic heterocycles. The molecule has 25 heavy (non-hydrogen) atoms. The zero-order valence-electron chi connectivity index (χ0n) is 14.5. The van der Waals surface area contributed by atoms with Crippen molar-refractivity contribution < 1.29 is 14.3 Å². The van der Waals surface area contributed by atoms with Crippen LogP contribution in [0.5, 0.6) is 5.75 Å². The Hall–Kier alpha value is -2.59. The van der Waals surface area contributed by atoms with Crippen LogP contribution in [0.25, 0.3) is 6.08 Å². The molecular formula is C21H23NO3. The highest BCUT2D eigenvalue weighted by molar-refractivity contribution is 5.91. The summed E-state index contributed by atoms with van der Waals surface area (Å²) < 4.78 is 10.7. The summed E-state index contributed by atoms with van der Waals surface area (Å²) in [6, 6.07) is 16.0. The Morgan fingerprint density at radius 1 is 1.24 bits per heavy atom. The molecule has 0 unspecified atom stereocenters. The fourth-order valence-electron chi connectivity index (χ4n) is 2.86. The summed E-state index contributed by atoms with van der Waals surface area (Å²) in [5.74, 6) is 0.937. The Kier molecular flexibility index (Phi) is 5.86. The second-order valence-electron chi connectivity index (χ2n) is 6.04. The Labute approximate surface area is 148 Å². The van der Waals surface area contributed by atoms with Gasteiger partial charge in [0.05, 0.1) is 13.2 Å². The largest absolute Gasteiger partial charge is 0.493 e. The standard InChI is InChI=1S/C21H23NO3/c1-24-14-12-22(16-18-5-3-2-4-6-18)21(23)10-8-17-7-9-20-19(15-17)11-13-25-20/h2-10,15H,11-14,16H2,1H3/b10-8+. The lowest BCUT2D eigenvalue weighted by Gasteiger charge is -2.21. The molecule has 0 radical (unpaired) electrons. The molecule has 3 rings (SSSR count). The number of carbonyl (C=O) groups excluding carboxylic acids is 1. The smallest absolute Gasteiger partial charge is 0.246 e. The molecule has 2 aromatic rings. The Morgan fingerprint density at radius 3 is 2.88 bits per heavy atom. The Morgan fingerprint density at radius 2 is 2.08 bits per heavy atom. The molecule has 0 saturated carbocycles. The normalized spacial score (nSPS) is 12.8. The molecule has 1 aliphatic rings. The van der Waals surface area contributed by atoms with Crippen molar-refractivity contribution in [1.29, 1.82) is 0 Å². The number of methoxy groups -OCH3 is 1. The first-order valence-corrected chi connectivity index (χ1v) is 8.52. The van der Waals surface area contributed by atoms with E-state index < -0.39 is 0 Å².